The van der Waals surface area contributed by atoms with E-state index < -0.39 is 0 Å². The summed E-state index contributed by atoms with van der Waals surface area (Å²) in [6.45, 7) is 13.5. The van der Waals surface area contributed by atoms with Gasteiger partial charge >= 0.3 is 0 Å². The molecule has 1 N–H and O–H groups in total. The lowest BCUT2D eigenvalue weighted by Crippen LogP contribution is -2.11. The van der Waals surface area contributed by atoms with Crippen molar-refractivity contribution in [3.63, 3.8) is 0 Å². The second-order valence-corrected chi connectivity index (χ2v) is 4.06. The predicted octanol–water partition coefficient (Wildman–Crippen LogP) is 3.71. The van der Waals surface area contributed by atoms with E-state index in [9.17, 15) is 0 Å². The minimum absolute atomic E-state index is 0.851. The number of aryl methyl sites for hydroxylation is 2. The molecule has 0 aliphatic heterocycles. The molecular formula is C16H20N2. The van der Waals surface area contributed by atoms with Crippen LogP contribution in [0.2, 0.25) is 0 Å². The van der Waals surface area contributed by atoms with Crippen LogP contribution in [-0.4, -0.2) is 4.57 Å². The van der Waals surface area contributed by atoms with Crippen LogP contribution in [0.1, 0.15) is 11.3 Å². The van der Waals surface area contributed by atoms with E-state index in [4.69, 9.17) is 0 Å². The summed E-state index contributed by atoms with van der Waals surface area (Å²) in [4.78, 5) is 0. The summed E-state index contributed by atoms with van der Waals surface area (Å²) in [6.07, 6.45) is 11.2. The number of nitrogens with one attached hydrogen (secondary N) is 1. The lowest BCUT2D eigenvalue weighted by molar-refractivity contribution is 0.893. The van der Waals surface area contributed by atoms with E-state index >= 15 is 0 Å². The quantitative estimate of drug-likeness (QED) is 0.750. The second kappa shape index (κ2) is 6.50. The summed E-state index contributed by atoms with van der Waals surface area (Å²) >= 11 is 0. The average Bonchev–Trinajstić information content (AvgIpc) is 2.67. The molecule has 1 rings (SSSR count). The molecule has 0 radical (unpaired) electrons. The largest absolute Gasteiger partial charge is 0.354 e. The number of hydrogen-bond donors (Lipinski definition) is 1. The van der Waals surface area contributed by atoms with Gasteiger partial charge in [0, 0.05) is 18.9 Å². The molecule has 0 saturated heterocycles. The normalized spacial score (nSPS) is 11.6. The molecule has 0 saturated carbocycles. The van der Waals surface area contributed by atoms with E-state index in [1.807, 2.05) is 29.8 Å². The zero-order valence-corrected chi connectivity index (χ0v) is 11.1. The van der Waals surface area contributed by atoms with Crippen LogP contribution < -0.4 is 5.32 Å². The lowest BCUT2D eigenvalue weighted by atomic mass is 10.2. The zero-order valence-electron chi connectivity index (χ0n) is 11.1. The summed E-state index contributed by atoms with van der Waals surface area (Å²) in [5.41, 5.74) is 4.03. The van der Waals surface area contributed by atoms with Gasteiger partial charge in [0.15, 0.2) is 0 Å². The van der Waals surface area contributed by atoms with Crippen molar-refractivity contribution in [3.8, 4) is 0 Å². The number of allylic oxidation sites excluding steroid dienone is 5. The van der Waals surface area contributed by atoms with Crippen LogP contribution in [-0.2, 0) is 7.05 Å². The maximum absolute atomic E-state index is 4.05. The van der Waals surface area contributed by atoms with Crippen molar-refractivity contribution in [2.75, 3.05) is 0 Å². The van der Waals surface area contributed by atoms with E-state index in [-0.39, 0.29) is 0 Å². The Kier molecular flexibility index (Phi) is 5.00. The molecule has 1 heterocycles. The van der Waals surface area contributed by atoms with Crippen LogP contribution in [0.15, 0.2) is 68.1 Å². The molecule has 0 aliphatic carbocycles. The van der Waals surface area contributed by atoms with Crippen molar-refractivity contribution < 1.29 is 0 Å². The van der Waals surface area contributed by atoms with Crippen molar-refractivity contribution in [2.45, 2.75) is 6.92 Å². The standard InChI is InChI=1S/C16H20N2/c1-6-8-9-10-15(7-2)17-14(4)16-11-13(3)12-18(16)5/h6-12,17H,1-2,4H2,3,5H3/b9-8-,15-10+. The Hall–Kier alpha value is -2.22. The third-order valence-electron chi connectivity index (χ3n) is 2.49. The molecule has 0 amide bonds. The fourth-order valence-electron chi connectivity index (χ4n) is 1.67. The molecule has 0 aromatic carbocycles. The predicted molar refractivity (Wildman–Crippen MR) is 79.9 cm³/mol. The van der Waals surface area contributed by atoms with Gasteiger partial charge in [-0.3, -0.25) is 0 Å². The molecule has 0 atom stereocenters. The minimum Gasteiger partial charge on any atom is -0.354 e. The Morgan fingerprint density at radius 1 is 1.33 bits per heavy atom. The smallest absolute Gasteiger partial charge is 0.0639 e. The fraction of sp³-hybridized carbons (Fsp3) is 0.125. The van der Waals surface area contributed by atoms with Crippen LogP contribution in [0, 0.1) is 6.92 Å². The van der Waals surface area contributed by atoms with Gasteiger partial charge < -0.3 is 9.88 Å². The van der Waals surface area contributed by atoms with Crippen molar-refractivity contribution in [3.05, 3.63) is 79.3 Å². The Morgan fingerprint density at radius 3 is 2.56 bits per heavy atom. The summed E-state index contributed by atoms with van der Waals surface area (Å²) < 4.78 is 2.05. The van der Waals surface area contributed by atoms with Crippen molar-refractivity contribution in [1.82, 2.24) is 9.88 Å². The first-order valence-electron chi connectivity index (χ1n) is 5.79. The third kappa shape index (κ3) is 3.67. The van der Waals surface area contributed by atoms with E-state index in [0.717, 1.165) is 17.1 Å². The second-order valence-electron chi connectivity index (χ2n) is 4.06. The maximum atomic E-state index is 4.05. The van der Waals surface area contributed by atoms with E-state index in [1.165, 1.54) is 5.56 Å². The molecule has 2 nitrogen and oxygen atoms in total. The topological polar surface area (TPSA) is 17.0 Å². The monoisotopic (exact) mass is 240 g/mol. The van der Waals surface area contributed by atoms with Gasteiger partial charge in [0.05, 0.1) is 11.4 Å². The summed E-state index contributed by atoms with van der Waals surface area (Å²) in [5, 5.41) is 3.24. The molecule has 0 bridgehead atoms. The first-order chi connectivity index (χ1) is 8.58. The van der Waals surface area contributed by atoms with Crippen molar-refractivity contribution in [1.29, 1.82) is 0 Å². The van der Waals surface area contributed by atoms with Crippen molar-refractivity contribution in [2.24, 2.45) is 7.05 Å². The van der Waals surface area contributed by atoms with Gasteiger partial charge in [-0.2, -0.15) is 0 Å². The van der Waals surface area contributed by atoms with Gasteiger partial charge in [0.2, 0.25) is 0 Å². The van der Waals surface area contributed by atoms with Gasteiger partial charge in [0.1, 0.15) is 0 Å². The number of rotatable bonds is 6. The first kappa shape index (κ1) is 13.8. The maximum Gasteiger partial charge on any atom is 0.0639 e. The SMILES string of the molecule is C=C/C=C\C=C(/C=C)NC(=C)c1cc(C)cn1C. The number of aromatic nitrogens is 1. The number of hydrogen-bond acceptors (Lipinski definition) is 1. The van der Waals surface area contributed by atoms with Crippen LogP contribution >= 0.6 is 0 Å². The van der Waals surface area contributed by atoms with Crippen LogP contribution in [0.4, 0.5) is 0 Å². The summed E-state index contributed by atoms with van der Waals surface area (Å²) in [6, 6.07) is 2.09. The molecule has 18 heavy (non-hydrogen) atoms. The molecule has 0 unspecified atom stereocenters. The van der Waals surface area contributed by atoms with Gasteiger partial charge in [-0.25, -0.2) is 0 Å². The molecule has 1 aromatic rings. The first-order valence-corrected chi connectivity index (χ1v) is 5.79. The van der Waals surface area contributed by atoms with Gasteiger partial charge in [-0.15, -0.1) is 0 Å². The summed E-state index contributed by atoms with van der Waals surface area (Å²) in [5.74, 6) is 0. The van der Waals surface area contributed by atoms with Crippen LogP contribution in [0.3, 0.4) is 0 Å². The highest BCUT2D eigenvalue weighted by Gasteiger charge is 2.04. The molecule has 1 aromatic heterocycles. The van der Waals surface area contributed by atoms with Gasteiger partial charge in [0.25, 0.3) is 0 Å². The lowest BCUT2D eigenvalue weighted by Gasteiger charge is -2.10. The highest BCUT2D eigenvalue weighted by atomic mass is 15.0. The molecule has 0 spiro atoms. The Labute approximate surface area is 109 Å². The highest BCUT2D eigenvalue weighted by molar-refractivity contribution is 5.62. The molecule has 2 heteroatoms. The molecule has 94 valence electrons. The fourth-order valence-corrected chi connectivity index (χ4v) is 1.67. The minimum atomic E-state index is 0.851. The zero-order chi connectivity index (χ0) is 13.5. The van der Waals surface area contributed by atoms with E-state index in [2.05, 4.69) is 44.2 Å². The van der Waals surface area contributed by atoms with Gasteiger partial charge in [-0.1, -0.05) is 38.0 Å². The van der Waals surface area contributed by atoms with E-state index in [1.54, 1.807) is 12.2 Å². The molecule has 0 aliphatic rings. The summed E-state index contributed by atoms with van der Waals surface area (Å²) in [7, 11) is 2.00. The Bertz CT molecular complexity index is 513. The van der Waals surface area contributed by atoms with Crippen molar-refractivity contribution >= 4 is 5.70 Å². The average molecular weight is 240 g/mol. The van der Waals surface area contributed by atoms with Crippen LogP contribution in [0.25, 0.3) is 5.70 Å². The van der Waals surface area contributed by atoms with E-state index in [0.29, 0.717) is 0 Å². The molecule has 0 fully saturated rings. The Balaban J connectivity index is 2.83. The third-order valence-corrected chi connectivity index (χ3v) is 2.49. The van der Waals surface area contributed by atoms with Gasteiger partial charge in [-0.05, 0) is 30.7 Å². The highest BCUT2D eigenvalue weighted by Crippen LogP contribution is 2.14. The Morgan fingerprint density at radius 2 is 2.06 bits per heavy atom. The molecular weight excluding hydrogens is 220 g/mol. The number of nitrogens with zero attached hydrogens (tertiary/aromatic N) is 1. The van der Waals surface area contributed by atoms with Crippen LogP contribution in [0.5, 0.6) is 0 Å².